The largest absolute Gasteiger partial charge is 0.341 e. The van der Waals surface area contributed by atoms with Crippen molar-refractivity contribution in [2.24, 2.45) is 0 Å². The Morgan fingerprint density at radius 1 is 1.14 bits per heavy atom. The lowest BCUT2D eigenvalue weighted by atomic mass is 10.2. The molecule has 0 fully saturated rings. The van der Waals surface area contributed by atoms with E-state index in [9.17, 15) is 0 Å². The minimum Gasteiger partial charge on any atom is -0.341 e. The van der Waals surface area contributed by atoms with Crippen LogP contribution in [0, 0.1) is 0 Å². The number of ether oxygens (including phenoxy) is 2. The molecule has 0 saturated heterocycles. The predicted octanol–water partition coefficient (Wildman–Crippen LogP) is 3.04. The minimum atomic E-state index is -0.831. The van der Waals surface area contributed by atoms with E-state index < -0.39 is 4.70 Å². The van der Waals surface area contributed by atoms with Crippen LogP contribution in [0.25, 0.3) is 6.08 Å². The molecule has 0 aromatic heterocycles. The van der Waals surface area contributed by atoms with Gasteiger partial charge < -0.3 is 9.47 Å². The summed E-state index contributed by atoms with van der Waals surface area (Å²) in [6.07, 6.45) is 3.74. The van der Waals surface area contributed by atoms with Crippen LogP contribution >= 0.6 is 15.9 Å². The highest BCUT2D eigenvalue weighted by Gasteiger charge is 2.20. The molecule has 1 aromatic rings. The standard InChI is InChI=1S/C11H13BrO2/c1-13-11(12,14-2)9-8-10-6-4-3-5-7-10/h3-9H,1-2H3. The summed E-state index contributed by atoms with van der Waals surface area (Å²) >= 11 is 3.31. The average molecular weight is 257 g/mol. The molecule has 1 rings (SSSR count). The van der Waals surface area contributed by atoms with Crippen LogP contribution in [-0.2, 0) is 9.47 Å². The molecule has 0 aliphatic heterocycles. The highest BCUT2D eigenvalue weighted by atomic mass is 79.9. The van der Waals surface area contributed by atoms with Gasteiger partial charge in [-0.1, -0.05) is 36.4 Å². The molecule has 0 amide bonds. The van der Waals surface area contributed by atoms with Gasteiger partial charge in [0.2, 0.25) is 4.70 Å². The van der Waals surface area contributed by atoms with Crippen molar-refractivity contribution in [1.29, 1.82) is 0 Å². The zero-order valence-corrected chi connectivity index (χ0v) is 9.82. The molecule has 1 aromatic carbocycles. The van der Waals surface area contributed by atoms with Crippen molar-refractivity contribution >= 4 is 22.0 Å². The van der Waals surface area contributed by atoms with Gasteiger partial charge in [0, 0.05) is 14.2 Å². The van der Waals surface area contributed by atoms with Crippen molar-refractivity contribution in [3.05, 3.63) is 42.0 Å². The van der Waals surface area contributed by atoms with Crippen LogP contribution in [0.5, 0.6) is 0 Å². The molecular weight excluding hydrogens is 244 g/mol. The van der Waals surface area contributed by atoms with E-state index in [0.717, 1.165) is 5.56 Å². The first kappa shape index (κ1) is 11.4. The fourth-order valence-electron chi connectivity index (χ4n) is 0.979. The fraction of sp³-hybridized carbons (Fsp3) is 0.273. The van der Waals surface area contributed by atoms with Crippen LogP contribution in [0.3, 0.4) is 0 Å². The first-order valence-electron chi connectivity index (χ1n) is 4.24. The second-order valence-corrected chi connectivity index (χ2v) is 3.84. The van der Waals surface area contributed by atoms with Crippen LogP contribution < -0.4 is 0 Å². The zero-order chi connectivity index (χ0) is 10.4. The maximum Gasteiger partial charge on any atom is 0.246 e. The summed E-state index contributed by atoms with van der Waals surface area (Å²) in [5, 5.41) is 0. The van der Waals surface area contributed by atoms with Gasteiger partial charge in [-0.3, -0.25) is 0 Å². The van der Waals surface area contributed by atoms with Crippen molar-refractivity contribution in [3.8, 4) is 0 Å². The number of hydrogen-bond donors (Lipinski definition) is 0. The van der Waals surface area contributed by atoms with Gasteiger partial charge in [0.05, 0.1) is 0 Å². The summed E-state index contributed by atoms with van der Waals surface area (Å²) in [6.45, 7) is 0. The summed E-state index contributed by atoms with van der Waals surface area (Å²) in [4.78, 5) is 0. The predicted molar refractivity (Wildman–Crippen MR) is 61.2 cm³/mol. The maximum atomic E-state index is 5.12. The lowest BCUT2D eigenvalue weighted by molar-refractivity contribution is -0.0905. The van der Waals surface area contributed by atoms with Crippen molar-refractivity contribution in [2.45, 2.75) is 4.70 Å². The molecular formula is C11H13BrO2. The second-order valence-electron chi connectivity index (χ2n) is 2.73. The highest BCUT2D eigenvalue weighted by Crippen LogP contribution is 2.22. The molecule has 76 valence electrons. The van der Waals surface area contributed by atoms with Crippen molar-refractivity contribution in [2.75, 3.05) is 14.2 Å². The van der Waals surface area contributed by atoms with Gasteiger partial charge in [-0.25, -0.2) is 0 Å². The molecule has 0 unspecified atom stereocenters. The Morgan fingerprint density at radius 3 is 2.21 bits per heavy atom. The molecule has 0 aliphatic carbocycles. The third-order valence-corrected chi connectivity index (χ3v) is 2.74. The third kappa shape index (κ3) is 3.25. The summed E-state index contributed by atoms with van der Waals surface area (Å²) in [5.74, 6) is 0. The van der Waals surface area contributed by atoms with Crippen molar-refractivity contribution in [1.82, 2.24) is 0 Å². The Hall–Kier alpha value is -0.640. The lowest BCUT2D eigenvalue weighted by Gasteiger charge is -2.19. The van der Waals surface area contributed by atoms with E-state index in [1.807, 2.05) is 42.5 Å². The molecule has 14 heavy (non-hydrogen) atoms. The number of hydrogen-bond acceptors (Lipinski definition) is 2. The summed E-state index contributed by atoms with van der Waals surface area (Å²) in [6, 6.07) is 9.96. The van der Waals surface area contributed by atoms with E-state index in [1.165, 1.54) is 0 Å². The van der Waals surface area contributed by atoms with Gasteiger partial charge in [-0.2, -0.15) is 0 Å². The van der Waals surface area contributed by atoms with Crippen LogP contribution in [0.1, 0.15) is 5.56 Å². The van der Waals surface area contributed by atoms with E-state index in [-0.39, 0.29) is 0 Å². The SMILES string of the molecule is COC(Br)(C=Cc1ccccc1)OC. The molecule has 0 heterocycles. The van der Waals surface area contributed by atoms with Crippen molar-refractivity contribution < 1.29 is 9.47 Å². The number of rotatable bonds is 4. The number of benzene rings is 1. The van der Waals surface area contributed by atoms with E-state index in [4.69, 9.17) is 9.47 Å². The molecule has 0 radical (unpaired) electrons. The first-order chi connectivity index (χ1) is 6.70. The molecule has 0 saturated carbocycles. The molecule has 0 N–H and O–H groups in total. The Bertz CT molecular complexity index is 291. The van der Waals surface area contributed by atoms with Crippen LogP contribution in [-0.4, -0.2) is 18.9 Å². The van der Waals surface area contributed by atoms with Gasteiger partial charge in [-0.15, -0.1) is 0 Å². The lowest BCUT2D eigenvalue weighted by Crippen LogP contribution is -2.22. The molecule has 0 spiro atoms. The number of alkyl halides is 1. The van der Waals surface area contributed by atoms with Gasteiger partial charge in [0.1, 0.15) is 0 Å². The summed E-state index contributed by atoms with van der Waals surface area (Å²) in [7, 11) is 3.15. The molecule has 0 atom stereocenters. The van der Waals surface area contributed by atoms with E-state index in [2.05, 4.69) is 15.9 Å². The number of methoxy groups -OCH3 is 2. The van der Waals surface area contributed by atoms with Gasteiger partial charge in [0.25, 0.3) is 0 Å². The van der Waals surface area contributed by atoms with Crippen molar-refractivity contribution in [3.63, 3.8) is 0 Å². The minimum absolute atomic E-state index is 0.831. The van der Waals surface area contributed by atoms with E-state index in [1.54, 1.807) is 14.2 Å². The second kappa shape index (κ2) is 5.29. The molecule has 0 bridgehead atoms. The van der Waals surface area contributed by atoms with E-state index in [0.29, 0.717) is 0 Å². The van der Waals surface area contributed by atoms with Crippen LogP contribution in [0.2, 0.25) is 0 Å². The molecule has 3 heteroatoms. The monoisotopic (exact) mass is 256 g/mol. The highest BCUT2D eigenvalue weighted by molar-refractivity contribution is 9.10. The van der Waals surface area contributed by atoms with Crippen LogP contribution in [0.15, 0.2) is 36.4 Å². The zero-order valence-electron chi connectivity index (χ0n) is 8.24. The topological polar surface area (TPSA) is 18.5 Å². The fourth-order valence-corrected chi connectivity index (χ4v) is 1.11. The quantitative estimate of drug-likeness (QED) is 0.609. The Labute approximate surface area is 92.7 Å². The Morgan fingerprint density at radius 2 is 1.71 bits per heavy atom. The third-order valence-electron chi connectivity index (χ3n) is 1.83. The molecule has 0 aliphatic rings. The summed E-state index contributed by atoms with van der Waals surface area (Å²) < 4.78 is 9.40. The van der Waals surface area contributed by atoms with Gasteiger partial charge in [0.15, 0.2) is 0 Å². The van der Waals surface area contributed by atoms with E-state index >= 15 is 0 Å². The van der Waals surface area contributed by atoms with Gasteiger partial charge in [-0.05, 0) is 27.6 Å². The smallest absolute Gasteiger partial charge is 0.246 e. The Kier molecular flexibility index (Phi) is 4.32. The first-order valence-corrected chi connectivity index (χ1v) is 5.03. The van der Waals surface area contributed by atoms with Gasteiger partial charge >= 0.3 is 0 Å². The molecule has 2 nitrogen and oxygen atoms in total. The normalized spacial score (nSPS) is 12.2. The van der Waals surface area contributed by atoms with Crippen LogP contribution in [0.4, 0.5) is 0 Å². The Balaban J connectivity index is 2.72. The number of halogens is 1. The average Bonchev–Trinajstić information content (AvgIpc) is 2.27. The maximum absolute atomic E-state index is 5.12. The summed E-state index contributed by atoms with van der Waals surface area (Å²) in [5.41, 5.74) is 1.10.